The molecule has 0 heterocycles. The fraction of sp³-hybridized carbons (Fsp3) is 0.800. The molecular weight excluding hydrogens is 198 g/mol. The van der Waals surface area contributed by atoms with Gasteiger partial charge < -0.3 is 9.47 Å². The molecule has 0 saturated carbocycles. The van der Waals surface area contributed by atoms with Gasteiger partial charge in [0.25, 0.3) is 0 Å². The summed E-state index contributed by atoms with van der Waals surface area (Å²) in [4.78, 5) is 22.0. The molecule has 0 aliphatic heterocycles. The SMILES string of the molecule is CC(=O)OC(C)C(=O)OC(C)[N+](C)(C)C. The Morgan fingerprint density at radius 1 is 1.07 bits per heavy atom. The summed E-state index contributed by atoms with van der Waals surface area (Å²) in [5.41, 5.74) is 0. The van der Waals surface area contributed by atoms with Crippen LogP contribution in [0.15, 0.2) is 0 Å². The number of hydrogen-bond donors (Lipinski definition) is 0. The zero-order valence-electron chi connectivity index (χ0n) is 10.2. The van der Waals surface area contributed by atoms with Gasteiger partial charge in [-0.2, -0.15) is 0 Å². The maximum Gasteiger partial charge on any atom is 0.351 e. The molecule has 0 aromatic rings. The molecule has 0 bridgehead atoms. The molecule has 0 radical (unpaired) electrons. The summed E-state index contributed by atoms with van der Waals surface area (Å²) < 4.78 is 10.3. The van der Waals surface area contributed by atoms with Crippen molar-refractivity contribution >= 4 is 11.9 Å². The lowest BCUT2D eigenvalue weighted by Gasteiger charge is -2.30. The van der Waals surface area contributed by atoms with E-state index >= 15 is 0 Å². The predicted octanol–water partition coefficient (Wildman–Crippen LogP) is 0.533. The quantitative estimate of drug-likeness (QED) is 0.392. The van der Waals surface area contributed by atoms with Crippen LogP contribution in [-0.4, -0.2) is 49.9 Å². The van der Waals surface area contributed by atoms with Gasteiger partial charge in [0.1, 0.15) is 0 Å². The Morgan fingerprint density at radius 3 is 1.87 bits per heavy atom. The number of esters is 2. The van der Waals surface area contributed by atoms with Gasteiger partial charge in [-0.1, -0.05) is 0 Å². The number of carbonyl (C=O) groups excluding carboxylic acids is 2. The number of quaternary nitrogens is 1. The van der Waals surface area contributed by atoms with Crippen molar-refractivity contribution in [3.8, 4) is 0 Å². The van der Waals surface area contributed by atoms with Crippen LogP contribution < -0.4 is 0 Å². The highest BCUT2D eigenvalue weighted by Crippen LogP contribution is 2.06. The zero-order valence-corrected chi connectivity index (χ0v) is 10.2. The van der Waals surface area contributed by atoms with E-state index in [2.05, 4.69) is 0 Å². The average Bonchev–Trinajstić information content (AvgIpc) is 2.00. The van der Waals surface area contributed by atoms with Crippen molar-refractivity contribution in [1.29, 1.82) is 0 Å². The van der Waals surface area contributed by atoms with E-state index in [0.717, 1.165) is 0 Å². The Balaban J connectivity index is 4.19. The van der Waals surface area contributed by atoms with E-state index in [9.17, 15) is 9.59 Å². The molecule has 0 aliphatic carbocycles. The van der Waals surface area contributed by atoms with Crippen molar-refractivity contribution in [3.63, 3.8) is 0 Å². The first-order valence-electron chi connectivity index (χ1n) is 4.83. The van der Waals surface area contributed by atoms with Gasteiger partial charge in [-0.25, -0.2) is 4.79 Å². The smallest absolute Gasteiger partial charge is 0.351 e. The molecule has 2 atom stereocenters. The highest BCUT2D eigenvalue weighted by atomic mass is 16.6. The Morgan fingerprint density at radius 2 is 1.53 bits per heavy atom. The van der Waals surface area contributed by atoms with E-state index in [1.165, 1.54) is 13.8 Å². The average molecular weight is 218 g/mol. The molecule has 0 aliphatic rings. The van der Waals surface area contributed by atoms with E-state index in [-0.39, 0.29) is 6.23 Å². The topological polar surface area (TPSA) is 52.6 Å². The second-order valence-corrected chi connectivity index (χ2v) is 4.40. The lowest BCUT2D eigenvalue weighted by Crippen LogP contribution is -2.47. The molecule has 0 N–H and O–H groups in total. The fourth-order valence-corrected chi connectivity index (χ4v) is 0.719. The molecule has 0 amide bonds. The molecule has 0 saturated heterocycles. The Hall–Kier alpha value is -1.10. The molecule has 0 aromatic heterocycles. The van der Waals surface area contributed by atoms with Crippen molar-refractivity contribution in [1.82, 2.24) is 0 Å². The number of carbonyl (C=O) groups is 2. The molecule has 0 fully saturated rings. The maximum atomic E-state index is 11.4. The Bertz CT molecular complexity index is 244. The highest BCUT2D eigenvalue weighted by molar-refractivity contribution is 5.78. The first kappa shape index (κ1) is 13.9. The van der Waals surface area contributed by atoms with E-state index in [1.807, 2.05) is 21.1 Å². The molecular formula is C10H20NO4+. The van der Waals surface area contributed by atoms with Crippen LogP contribution in [0.25, 0.3) is 0 Å². The van der Waals surface area contributed by atoms with Crippen LogP contribution in [-0.2, 0) is 19.1 Å². The van der Waals surface area contributed by atoms with Gasteiger partial charge >= 0.3 is 11.9 Å². The fourth-order valence-electron chi connectivity index (χ4n) is 0.719. The van der Waals surface area contributed by atoms with Crippen molar-refractivity contribution < 1.29 is 23.5 Å². The molecule has 5 nitrogen and oxygen atoms in total. The minimum absolute atomic E-state index is 0.282. The zero-order chi connectivity index (χ0) is 12.2. The second-order valence-electron chi connectivity index (χ2n) is 4.40. The molecule has 0 spiro atoms. The maximum absolute atomic E-state index is 11.4. The molecule has 0 aromatic carbocycles. The summed E-state index contributed by atoms with van der Waals surface area (Å²) in [5, 5.41) is 0. The summed E-state index contributed by atoms with van der Waals surface area (Å²) in [6, 6.07) is 0. The van der Waals surface area contributed by atoms with Gasteiger partial charge in [0, 0.05) is 13.8 Å². The number of hydrogen-bond acceptors (Lipinski definition) is 4. The lowest BCUT2D eigenvalue weighted by atomic mass is 10.4. The monoisotopic (exact) mass is 218 g/mol. The van der Waals surface area contributed by atoms with Gasteiger partial charge in [-0.15, -0.1) is 0 Å². The number of rotatable bonds is 4. The normalized spacial score (nSPS) is 15.3. The lowest BCUT2D eigenvalue weighted by molar-refractivity contribution is -0.914. The summed E-state index contributed by atoms with van der Waals surface area (Å²) >= 11 is 0. The van der Waals surface area contributed by atoms with E-state index in [1.54, 1.807) is 6.92 Å². The van der Waals surface area contributed by atoms with Gasteiger partial charge in [0.15, 0.2) is 6.10 Å². The standard InChI is InChI=1S/C10H20NO4/c1-7(14-9(3)12)10(13)15-8(2)11(4,5)6/h7-8H,1-6H3/q+1. The second kappa shape index (κ2) is 5.11. The van der Waals surface area contributed by atoms with E-state index < -0.39 is 18.0 Å². The first-order valence-corrected chi connectivity index (χ1v) is 4.83. The highest BCUT2D eigenvalue weighted by Gasteiger charge is 2.26. The summed E-state index contributed by atoms with van der Waals surface area (Å²) in [6.45, 7) is 4.54. The first-order chi connectivity index (χ1) is 6.64. The van der Waals surface area contributed by atoms with Gasteiger partial charge in [0.2, 0.25) is 6.23 Å². The predicted molar refractivity (Wildman–Crippen MR) is 54.8 cm³/mol. The van der Waals surface area contributed by atoms with Crippen molar-refractivity contribution in [2.75, 3.05) is 21.1 Å². The third-order valence-corrected chi connectivity index (χ3v) is 2.05. The van der Waals surface area contributed by atoms with Crippen LogP contribution in [0, 0.1) is 0 Å². The van der Waals surface area contributed by atoms with Crippen LogP contribution in [0.3, 0.4) is 0 Å². The Labute approximate surface area is 90.5 Å². The van der Waals surface area contributed by atoms with Crippen molar-refractivity contribution in [3.05, 3.63) is 0 Å². The molecule has 15 heavy (non-hydrogen) atoms. The third kappa shape index (κ3) is 5.37. The van der Waals surface area contributed by atoms with Gasteiger partial charge in [-0.3, -0.25) is 9.28 Å². The van der Waals surface area contributed by atoms with E-state index in [4.69, 9.17) is 9.47 Å². The summed E-state index contributed by atoms with van der Waals surface area (Å²) in [5.74, 6) is -1.01. The number of ether oxygens (including phenoxy) is 2. The van der Waals surface area contributed by atoms with Crippen LogP contribution >= 0.6 is 0 Å². The molecule has 88 valence electrons. The van der Waals surface area contributed by atoms with Crippen LogP contribution in [0.4, 0.5) is 0 Å². The minimum atomic E-state index is -0.850. The molecule has 5 heteroatoms. The number of nitrogens with zero attached hydrogens (tertiary/aromatic N) is 1. The third-order valence-electron chi connectivity index (χ3n) is 2.05. The summed E-state index contributed by atoms with van der Waals surface area (Å²) in [6.07, 6.45) is -1.13. The van der Waals surface area contributed by atoms with Gasteiger partial charge in [-0.05, 0) is 6.92 Å². The van der Waals surface area contributed by atoms with Gasteiger partial charge in [0.05, 0.1) is 21.1 Å². The van der Waals surface area contributed by atoms with E-state index in [0.29, 0.717) is 4.48 Å². The minimum Gasteiger partial charge on any atom is -0.451 e. The van der Waals surface area contributed by atoms with Crippen molar-refractivity contribution in [2.24, 2.45) is 0 Å². The van der Waals surface area contributed by atoms with Crippen LogP contribution in [0.2, 0.25) is 0 Å². The Kier molecular flexibility index (Phi) is 4.74. The largest absolute Gasteiger partial charge is 0.451 e. The van der Waals surface area contributed by atoms with Crippen LogP contribution in [0.1, 0.15) is 20.8 Å². The molecule has 0 rings (SSSR count). The summed E-state index contributed by atoms with van der Waals surface area (Å²) in [7, 11) is 5.73. The van der Waals surface area contributed by atoms with Crippen molar-refractivity contribution in [2.45, 2.75) is 33.1 Å². The van der Waals surface area contributed by atoms with Crippen LogP contribution in [0.5, 0.6) is 0 Å². The molecule has 2 unspecified atom stereocenters.